The van der Waals surface area contributed by atoms with Gasteiger partial charge in [-0.05, 0) is 31.4 Å². The molecule has 3 amide bonds. The molecule has 0 aromatic carbocycles. The fourth-order valence-corrected chi connectivity index (χ4v) is 3.76. The van der Waals surface area contributed by atoms with E-state index in [2.05, 4.69) is 15.6 Å². The minimum atomic E-state index is -0.206. The number of pyridine rings is 1. The van der Waals surface area contributed by atoms with Crippen molar-refractivity contribution in [2.75, 3.05) is 19.6 Å². The number of piperidine rings is 1. The molecule has 1 aliphatic carbocycles. The lowest BCUT2D eigenvalue weighted by atomic mass is 9.95. The highest BCUT2D eigenvalue weighted by molar-refractivity contribution is 5.93. The van der Waals surface area contributed by atoms with E-state index >= 15 is 0 Å². The molecule has 0 bridgehead atoms. The number of carbonyl (C=O) groups is 3. The van der Waals surface area contributed by atoms with Crippen LogP contribution in [0, 0.1) is 5.92 Å². The lowest BCUT2D eigenvalue weighted by Crippen LogP contribution is -2.49. The van der Waals surface area contributed by atoms with Crippen LogP contribution in [-0.4, -0.2) is 53.3 Å². The van der Waals surface area contributed by atoms with Crippen molar-refractivity contribution in [2.24, 2.45) is 5.92 Å². The Labute approximate surface area is 153 Å². The Morgan fingerprint density at radius 1 is 1.15 bits per heavy atom. The van der Waals surface area contributed by atoms with Crippen molar-refractivity contribution in [3.05, 3.63) is 30.1 Å². The molecule has 3 rings (SSSR count). The molecule has 0 spiro atoms. The molecule has 2 N–H and O–H groups in total. The van der Waals surface area contributed by atoms with Crippen molar-refractivity contribution in [1.82, 2.24) is 20.5 Å². The average molecular weight is 358 g/mol. The molecule has 1 aromatic rings. The summed E-state index contributed by atoms with van der Waals surface area (Å²) < 4.78 is 0. The fourth-order valence-electron chi connectivity index (χ4n) is 3.76. The van der Waals surface area contributed by atoms with Gasteiger partial charge in [0.15, 0.2) is 0 Å². The topological polar surface area (TPSA) is 91.4 Å². The van der Waals surface area contributed by atoms with Gasteiger partial charge in [-0.15, -0.1) is 0 Å². The van der Waals surface area contributed by atoms with E-state index < -0.39 is 0 Å². The molecular formula is C19H26N4O3. The molecule has 1 saturated heterocycles. The van der Waals surface area contributed by atoms with Gasteiger partial charge in [-0.3, -0.25) is 19.4 Å². The number of carbonyl (C=O) groups excluding carboxylic acids is 3. The molecule has 2 fully saturated rings. The van der Waals surface area contributed by atoms with E-state index in [0.29, 0.717) is 44.1 Å². The van der Waals surface area contributed by atoms with Crippen LogP contribution in [0.3, 0.4) is 0 Å². The van der Waals surface area contributed by atoms with E-state index in [1.807, 2.05) is 4.90 Å². The van der Waals surface area contributed by atoms with Gasteiger partial charge in [0, 0.05) is 44.5 Å². The van der Waals surface area contributed by atoms with Crippen LogP contribution in [0.4, 0.5) is 0 Å². The van der Waals surface area contributed by atoms with Crippen molar-refractivity contribution in [2.45, 2.75) is 44.6 Å². The van der Waals surface area contributed by atoms with Gasteiger partial charge in [0.1, 0.15) is 0 Å². The van der Waals surface area contributed by atoms with Crippen LogP contribution in [0.15, 0.2) is 24.5 Å². The fraction of sp³-hybridized carbons (Fsp3) is 0.579. The summed E-state index contributed by atoms with van der Waals surface area (Å²) in [4.78, 5) is 42.3. The summed E-state index contributed by atoms with van der Waals surface area (Å²) in [6.45, 7) is 1.26. The predicted octanol–water partition coefficient (Wildman–Crippen LogP) is 1.11. The number of amides is 3. The number of nitrogens with zero attached hydrogens (tertiary/aromatic N) is 2. The van der Waals surface area contributed by atoms with Gasteiger partial charge in [0.05, 0.1) is 11.5 Å². The normalized spacial score (nSPS) is 20.8. The first-order chi connectivity index (χ1) is 12.6. The second-order valence-electron chi connectivity index (χ2n) is 7.01. The molecule has 0 radical (unpaired) electrons. The van der Waals surface area contributed by atoms with Gasteiger partial charge in [-0.25, -0.2) is 0 Å². The van der Waals surface area contributed by atoms with E-state index in [1.165, 1.54) is 19.0 Å². The Hall–Kier alpha value is -2.44. The molecule has 26 heavy (non-hydrogen) atoms. The highest BCUT2D eigenvalue weighted by Crippen LogP contribution is 2.28. The first-order valence-corrected chi connectivity index (χ1v) is 9.40. The van der Waals surface area contributed by atoms with E-state index in [4.69, 9.17) is 0 Å². The van der Waals surface area contributed by atoms with Crippen LogP contribution in [0.2, 0.25) is 0 Å². The zero-order valence-corrected chi connectivity index (χ0v) is 14.9. The van der Waals surface area contributed by atoms with E-state index in [-0.39, 0.29) is 23.6 Å². The van der Waals surface area contributed by atoms with E-state index in [9.17, 15) is 14.4 Å². The molecule has 1 atom stereocenters. The second kappa shape index (κ2) is 8.78. The van der Waals surface area contributed by atoms with Gasteiger partial charge in [-0.1, -0.05) is 12.8 Å². The summed E-state index contributed by atoms with van der Waals surface area (Å²) >= 11 is 0. The summed E-state index contributed by atoms with van der Waals surface area (Å²) in [5.41, 5.74) is 0.497. The lowest BCUT2D eigenvalue weighted by molar-refractivity contribution is -0.140. The molecule has 2 heterocycles. The quantitative estimate of drug-likeness (QED) is 0.745. The Balaban J connectivity index is 1.40. The van der Waals surface area contributed by atoms with Crippen molar-refractivity contribution in [1.29, 1.82) is 0 Å². The molecular weight excluding hydrogens is 332 g/mol. The molecule has 7 nitrogen and oxygen atoms in total. The number of likely N-dealkylation sites (tertiary alicyclic amines) is 1. The zero-order valence-electron chi connectivity index (χ0n) is 14.9. The lowest BCUT2D eigenvalue weighted by Gasteiger charge is -2.36. The van der Waals surface area contributed by atoms with Crippen molar-refractivity contribution >= 4 is 17.7 Å². The van der Waals surface area contributed by atoms with Gasteiger partial charge in [0.25, 0.3) is 5.91 Å². The molecule has 0 unspecified atom stereocenters. The summed E-state index contributed by atoms with van der Waals surface area (Å²) in [7, 11) is 0. The maximum atomic E-state index is 12.4. The van der Waals surface area contributed by atoms with Crippen LogP contribution >= 0.6 is 0 Å². The first-order valence-electron chi connectivity index (χ1n) is 9.40. The maximum absolute atomic E-state index is 12.4. The first kappa shape index (κ1) is 18.4. The number of aromatic nitrogens is 1. The van der Waals surface area contributed by atoms with Crippen LogP contribution in [0.5, 0.6) is 0 Å². The smallest absolute Gasteiger partial charge is 0.252 e. The molecule has 1 saturated carbocycles. The minimum absolute atomic E-state index is 0.0314. The number of rotatable bonds is 6. The summed E-state index contributed by atoms with van der Waals surface area (Å²) in [5.74, 6) is -0.203. The zero-order chi connectivity index (χ0) is 18.4. The monoisotopic (exact) mass is 358 g/mol. The SMILES string of the molecule is O=C(NCCNC(=O)[C@H]1CCC(=O)N(C2CCCC2)C1)c1cccnc1. The Bertz CT molecular complexity index is 643. The molecule has 7 heteroatoms. The van der Waals surface area contributed by atoms with Crippen molar-refractivity contribution < 1.29 is 14.4 Å². The Morgan fingerprint density at radius 3 is 2.65 bits per heavy atom. The van der Waals surface area contributed by atoms with Crippen LogP contribution in [0.25, 0.3) is 0 Å². The minimum Gasteiger partial charge on any atom is -0.354 e. The molecule has 140 valence electrons. The van der Waals surface area contributed by atoms with Crippen LogP contribution < -0.4 is 10.6 Å². The Morgan fingerprint density at radius 2 is 1.92 bits per heavy atom. The highest BCUT2D eigenvalue weighted by Gasteiger charge is 2.34. The van der Waals surface area contributed by atoms with Gasteiger partial charge >= 0.3 is 0 Å². The molecule has 1 aliphatic heterocycles. The number of hydrogen-bond acceptors (Lipinski definition) is 4. The largest absolute Gasteiger partial charge is 0.354 e. The van der Waals surface area contributed by atoms with Gasteiger partial charge in [0.2, 0.25) is 11.8 Å². The van der Waals surface area contributed by atoms with E-state index in [1.54, 1.807) is 18.3 Å². The van der Waals surface area contributed by atoms with Crippen molar-refractivity contribution in [3.8, 4) is 0 Å². The summed E-state index contributed by atoms with van der Waals surface area (Å²) in [6.07, 6.45) is 8.62. The standard InChI is InChI=1S/C19H26N4O3/c24-17-8-7-15(13-23(17)16-5-1-2-6-16)19(26)22-11-10-21-18(25)14-4-3-9-20-12-14/h3-4,9,12,15-16H,1-2,5-8,10-11,13H2,(H,21,25)(H,22,26)/t15-/m0/s1. The molecule has 1 aromatic heterocycles. The van der Waals surface area contributed by atoms with Gasteiger partial charge in [-0.2, -0.15) is 0 Å². The third-order valence-electron chi connectivity index (χ3n) is 5.21. The van der Waals surface area contributed by atoms with Crippen LogP contribution in [-0.2, 0) is 9.59 Å². The number of hydrogen-bond donors (Lipinski definition) is 2. The van der Waals surface area contributed by atoms with E-state index in [0.717, 1.165) is 12.8 Å². The second-order valence-corrected chi connectivity index (χ2v) is 7.01. The average Bonchev–Trinajstić information content (AvgIpc) is 3.20. The van der Waals surface area contributed by atoms with Crippen LogP contribution in [0.1, 0.15) is 48.9 Å². The molecule has 2 aliphatic rings. The van der Waals surface area contributed by atoms with Gasteiger partial charge < -0.3 is 15.5 Å². The number of nitrogens with one attached hydrogen (secondary N) is 2. The third kappa shape index (κ3) is 4.59. The summed E-state index contributed by atoms with van der Waals surface area (Å²) in [5, 5.41) is 5.64. The summed E-state index contributed by atoms with van der Waals surface area (Å²) in [6, 6.07) is 3.71. The third-order valence-corrected chi connectivity index (χ3v) is 5.21. The Kier molecular flexibility index (Phi) is 6.20. The van der Waals surface area contributed by atoms with Crippen molar-refractivity contribution in [3.63, 3.8) is 0 Å². The maximum Gasteiger partial charge on any atom is 0.252 e. The highest BCUT2D eigenvalue weighted by atomic mass is 16.2. The predicted molar refractivity (Wildman–Crippen MR) is 96.3 cm³/mol.